The van der Waals surface area contributed by atoms with Gasteiger partial charge in [0.1, 0.15) is 12.7 Å². The Hall–Kier alpha value is -2.17. The number of hydrazone groups is 1. The molecular weight excluding hydrogens is 190 g/mol. The standard InChI is InChI=1S/C10H11N5/c1-9-2-4-10(5-3-9)6-12-14-15-8-11-7-13-15/h2-8,14H,1H3/b12-6+. The van der Waals surface area contributed by atoms with Crippen LogP contribution in [0.1, 0.15) is 11.1 Å². The lowest BCUT2D eigenvalue weighted by Gasteiger charge is -1.97. The smallest absolute Gasteiger partial charge is 0.139 e. The first-order valence-electron chi connectivity index (χ1n) is 4.55. The first-order valence-corrected chi connectivity index (χ1v) is 4.55. The van der Waals surface area contributed by atoms with E-state index in [1.54, 1.807) is 6.21 Å². The molecule has 0 unspecified atom stereocenters. The normalized spacial score (nSPS) is 10.7. The Morgan fingerprint density at radius 3 is 2.80 bits per heavy atom. The van der Waals surface area contributed by atoms with Crippen molar-refractivity contribution in [3.63, 3.8) is 0 Å². The molecule has 1 aromatic heterocycles. The highest BCUT2D eigenvalue weighted by molar-refractivity contribution is 5.79. The summed E-state index contributed by atoms with van der Waals surface area (Å²) in [6.45, 7) is 2.05. The summed E-state index contributed by atoms with van der Waals surface area (Å²) in [4.78, 5) is 5.20. The van der Waals surface area contributed by atoms with E-state index in [1.807, 2.05) is 24.3 Å². The van der Waals surface area contributed by atoms with Crippen LogP contribution in [-0.4, -0.2) is 21.1 Å². The van der Waals surface area contributed by atoms with E-state index in [-0.39, 0.29) is 0 Å². The van der Waals surface area contributed by atoms with Gasteiger partial charge >= 0.3 is 0 Å². The van der Waals surface area contributed by atoms with E-state index in [0.717, 1.165) is 5.56 Å². The topological polar surface area (TPSA) is 55.1 Å². The number of nitrogens with zero attached hydrogens (tertiary/aromatic N) is 4. The van der Waals surface area contributed by atoms with Crippen molar-refractivity contribution in [1.29, 1.82) is 0 Å². The Balaban J connectivity index is 1.97. The maximum atomic E-state index is 4.00. The molecule has 0 saturated heterocycles. The second-order valence-corrected chi connectivity index (χ2v) is 3.11. The summed E-state index contributed by atoms with van der Waals surface area (Å²) < 4.78 is 0. The van der Waals surface area contributed by atoms with Crippen molar-refractivity contribution in [1.82, 2.24) is 14.9 Å². The van der Waals surface area contributed by atoms with Crippen molar-refractivity contribution in [2.45, 2.75) is 6.92 Å². The van der Waals surface area contributed by atoms with Gasteiger partial charge in [0.25, 0.3) is 0 Å². The number of rotatable bonds is 3. The van der Waals surface area contributed by atoms with Gasteiger partial charge in [-0.05, 0) is 12.5 Å². The van der Waals surface area contributed by atoms with Crippen molar-refractivity contribution >= 4 is 6.21 Å². The van der Waals surface area contributed by atoms with Crippen LogP contribution in [0.5, 0.6) is 0 Å². The molecule has 1 aromatic carbocycles. The predicted molar refractivity (Wildman–Crippen MR) is 58.2 cm³/mol. The molecular formula is C10H11N5. The largest absolute Gasteiger partial charge is 0.221 e. The van der Waals surface area contributed by atoms with E-state index in [2.05, 4.69) is 27.6 Å². The first-order chi connectivity index (χ1) is 7.34. The molecule has 5 heteroatoms. The van der Waals surface area contributed by atoms with E-state index in [4.69, 9.17) is 0 Å². The highest BCUT2D eigenvalue weighted by Gasteiger charge is 1.87. The highest BCUT2D eigenvalue weighted by Crippen LogP contribution is 1.99. The lowest BCUT2D eigenvalue weighted by atomic mass is 10.2. The number of aryl methyl sites for hydroxylation is 1. The summed E-state index contributed by atoms with van der Waals surface area (Å²) in [5.74, 6) is 0. The fraction of sp³-hybridized carbons (Fsp3) is 0.100. The van der Waals surface area contributed by atoms with Crippen molar-refractivity contribution < 1.29 is 0 Å². The lowest BCUT2D eigenvalue weighted by molar-refractivity contribution is 0.754. The zero-order valence-corrected chi connectivity index (χ0v) is 8.33. The molecule has 0 atom stereocenters. The number of hydrogen-bond acceptors (Lipinski definition) is 4. The van der Waals surface area contributed by atoms with Gasteiger partial charge in [-0.25, -0.2) is 4.98 Å². The molecule has 76 valence electrons. The molecule has 2 aromatic rings. The van der Waals surface area contributed by atoms with Crippen LogP contribution in [0, 0.1) is 6.92 Å². The molecule has 0 radical (unpaired) electrons. The average molecular weight is 201 g/mol. The van der Waals surface area contributed by atoms with Gasteiger partial charge in [-0.1, -0.05) is 29.8 Å². The first kappa shape index (κ1) is 9.39. The Morgan fingerprint density at radius 2 is 2.13 bits per heavy atom. The van der Waals surface area contributed by atoms with Gasteiger partial charge in [-0.2, -0.15) is 10.6 Å². The molecule has 0 saturated carbocycles. The summed E-state index contributed by atoms with van der Waals surface area (Å²) in [6, 6.07) is 8.08. The second kappa shape index (κ2) is 4.36. The molecule has 2 rings (SSSR count). The summed E-state index contributed by atoms with van der Waals surface area (Å²) in [5.41, 5.74) is 4.97. The average Bonchev–Trinajstić information content (AvgIpc) is 2.74. The summed E-state index contributed by atoms with van der Waals surface area (Å²) in [7, 11) is 0. The van der Waals surface area contributed by atoms with Crippen LogP contribution in [0.4, 0.5) is 0 Å². The van der Waals surface area contributed by atoms with Crippen LogP contribution in [-0.2, 0) is 0 Å². The zero-order chi connectivity index (χ0) is 10.5. The van der Waals surface area contributed by atoms with Crippen LogP contribution in [0.25, 0.3) is 0 Å². The van der Waals surface area contributed by atoms with E-state index in [0.29, 0.717) is 0 Å². The number of aromatic nitrogens is 3. The van der Waals surface area contributed by atoms with Gasteiger partial charge in [-0.3, -0.25) is 0 Å². The molecule has 5 nitrogen and oxygen atoms in total. The molecule has 0 bridgehead atoms. The summed E-state index contributed by atoms with van der Waals surface area (Å²) in [5, 5.41) is 7.84. The van der Waals surface area contributed by atoms with Crippen LogP contribution in [0.3, 0.4) is 0 Å². The second-order valence-electron chi connectivity index (χ2n) is 3.11. The van der Waals surface area contributed by atoms with Crippen LogP contribution in [0.2, 0.25) is 0 Å². The fourth-order valence-electron chi connectivity index (χ4n) is 1.07. The lowest BCUT2D eigenvalue weighted by Crippen LogP contribution is -2.08. The Bertz CT molecular complexity index is 429. The molecule has 0 amide bonds. The quantitative estimate of drug-likeness (QED) is 0.599. The van der Waals surface area contributed by atoms with Crippen molar-refractivity contribution in [3.05, 3.63) is 48.0 Å². The summed E-state index contributed by atoms with van der Waals surface area (Å²) >= 11 is 0. The third-order valence-corrected chi connectivity index (χ3v) is 1.87. The van der Waals surface area contributed by atoms with Gasteiger partial charge in [0.2, 0.25) is 0 Å². The minimum Gasteiger partial charge on any atom is -0.221 e. The van der Waals surface area contributed by atoms with Crippen LogP contribution < -0.4 is 5.53 Å². The molecule has 0 spiro atoms. The van der Waals surface area contributed by atoms with Crippen molar-refractivity contribution in [3.8, 4) is 0 Å². The Labute approximate surface area is 87.4 Å². The van der Waals surface area contributed by atoms with Crippen LogP contribution >= 0.6 is 0 Å². The minimum absolute atomic E-state index is 1.04. The number of nitrogens with one attached hydrogen (secondary N) is 1. The minimum atomic E-state index is 1.04. The van der Waals surface area contributed by atoms with Crippen molar-refractivity contribution in [2.75, 3.05) is 5.53 Å². The van der Waals surface area contributed by atoms with E-state index < -0.39 is 0 Å². The van der Waals surface area contributed by atoms with E-state index in [1.165, 1.54) is 23.0 Å². The monoisotopic (exact) mass is 201 g/mol. The predicted octanol–water partition coefficient (Wildman–Crippen LogP) is 1.16. The third-order valence-electron chi connectivity index (χ3n) is 1.87. The number of hydrogen-bond donors (Lipinski definition) is 1. The Kier molecular flexibility index (Phi) is 2.73. The zero-order valence-electron chi connectivity index (χ0n) is 8.33. The highest BCUT2D eigenvalue weighted by atomic mass is 15.7. The molecule has 0 aliphatic heterocycles. The molecule has 1 heterocycles. The molecule has 0 aliphatic rings. The van der Waals surface area contributed by atoms with Gasteiger partial charge < -0.3 is 0 Å². The molecule has 1 N–H and O–H groups in total. The fourth-order valence-corrected chi connectivity index (χ4v) is 1.07. The van der Waals surface area contributed by atoms with Gasteiger partial charge in [0, 0.05) is 0 Å². The SMILES string of the molecule is Cc1ccc(/C=N/Nn2cncn2)cc1. The summed E-state index contributed by atoms with van der Waals surface area (Å²) in [6.07, 6.45) is 4.70. The third kappa shape index (κ3) is 2.63. The maximum Gasteiger partial charge on any atom is 0.139 e. The molecule has 15 heavy (non-hydrogen) atoms. The molecule has 0 aliphatic carbocycles. The van der Waals surface area contributed by atoms with Gasteiger partial charge in [0.15, 0.2) is 0 Å². The maximum absolute atomic E-state index is 4.00. The van der Waals surface area contributed by atoms with E-state index in [9.17, 15) is 0 Å². The van der Waals surface area contributed by atoms with E-state index >= 15 is 0 Å². The van der Waals surface area contributed by atoms with Gasteiger partial charge in [0.05, 0.1) is 6.21 Å². The molecule has 0 fully saturated rings. The number of benzene rings is 1. The van der Waals surface area contributed by atoms with Gasteiger partial charge in [-0.15, -0.1) is 9.89 Å². The van der Waals surface area contributed by atoms with Crippen molar-refractivity contribution in [2.24, 2.45) is 5.10 Å². The Morgan fingerprint density at radius 1 is 1.33 bits per heavy atom. The van der Waals surface area contributed by atoms with Crippen LogP contribution in [0.15, 0.2) is 42.0 Å².